The van der Waals surface area contributed by atoms with E-state index in [4.69, 9.17) is 0 Å². The van der Waals surface area contributed by atoms with Crippen molar-refractivity contribution in [2.75, 3.05) is 13.1 Å². The molecule has 6 nitrogen and oxygen atoms in total. The zero-order chi connectivity index (χ0) is 21.5. The van der Waals surface area contributed by atoms with E-state index in [1.165, 1.54) is 23.1 Å². The van der Waals surface area contributed by atoms with Gasteiger partial charge in [-0.15, -0.1) is 0 Å². The van der Waals surface area contributed by atoms with Gasteiger partial charge < -0.3 is 9.64 Å². The number of carbonyl (C=O) groups is 1. The summed E-state index contributed by atoms with van der Waals surface area (Å²) in [6, 6.07) is 5.07. The maximum atomic E-state index is 13.7. The van der Waals surface area contributed by atoms with Crippen molar-refractivity contribution in [2.24, 2.45) is 0 Å². The van der Waals surface area contributed by atoms with E-state index in [1.807, 2.05) is 0 Å². The fourth-order valence-electron chi connectivity index (χ4n) is 3.29. The molecule has 2 aromatic heterocycles. The summed E-state index contributed by atoms with van der Waals surface area (Å²) in [5.41, 5.74) is 1.69. The molecule has 30 heavy (non-hydrogen) atoms. The Labute approximate surface area is 166 Å². The van der Waals surface area contributed by atoms with Gasteiger partial charge in [-0.25, -0.2) is 13.2 Å². The fraction of sp³-hybridized carbons (Fsp3) is 0.316. The van der Waals surface area contributed by atoms with Crippen molar-refractivity contribution in [1.29, 1.82) is 0 Å². The molecule has 0 saturated carbocycles. The van der Waals surface area contributed by atoms with Crippen molar-refractivity contribution < 1.29 is 31.5 Å². The van der Waals surface area contributed by atoms with E-state index in [2.05, 4.69) is 14.8 Å². The molecule has 0 spiro atoms. The molecule has 1 aliphatic rings. The number of halogens is 5. The SMILES string of the molecule is O=C(Cn1ncc2ncc(-c3ccc(F)c(OC(F)F)c3)cc21)N1CCC(F)(F)C1. The number of benzene rings is 1. The van der Waals surface area contributed by atoms with Gasteiger partial charge in [-0.1, -0.05) is 6.07 Å². The molecule has 0 unspecified atom stereocenters. The number of fused-ring (bicyclic) bond motifs is 1. The monoisotopic (exact) mass is 426 g/mol. The molecule has 1 saturated heterocycles. The van der Waals surface area contributed by atoms with Gasteiger partial charge >= 0.3 is 6.61 Å². The summed E-state index contributed by atoms with van der Waals surface area (Å²) in [6.45, 7) is -4.09. The van der Waals surface area contributed by atoms with Crippen LogP contribution in [0.2, 0.25) is 0 Å². The molecule has 3 heterocycles. The van der Waals surface area contributed by atoms with E-state index in [0.717, 1.165) is 17.0 Å². The minimum Gasteiger partial charge on any atom is -0.432 e. The van der Waals surface area contributed by atoms with E-state index >= 15 is 0 Å². The summed E-state index contributed by atoms with van der Waals surface area (Å²) in [6.07, 6.45) is 2.48. The maximum Gasteiger partial charge on any atom is 0.387 e. The Hall–Kier alpha value is -3.24. The second-order valence-electron chi connectivity index (χ2n) is 6.88. The Balaban J connectivity index is 1.61. The molecule has 1 aromatic carbocycles. The van der Waals surface area contributed by atoms with E-state index in [1.54, 1.807) is 6.07 Å². The van der Waals surface area contributed by atoms with Crippen molar-refractivity contribution in [3.8, 4) is 16.9 Å². The highest BCUT2D eigenvalue weighted by atomic mass is 19.3. The van der Waals surface area contributed by atoms with Gasteiger partial charge in [0.15, 0.2) is 11.6 Å². The van der Waals surface area contributed by atoms with Crippen LogP contribution in [0.15, 0.2) is 36.7 Å². The lowest BCUT2D eigenvalue weighted by Crippen LogP contribution is -2.34. The fourth-order valence-corrected chi connectivity index (χ4v) is 3.29. The molecule has 1 amide bonds. The number of carbonyl (C=O) groups excluding carboxylic acids is 1. The summed E-state index contributed by atoms with van der Waals surface area (Å²) in [5.74, 6) is -4.94. The van der Waals surface area contributed by atoms with Gasteiger partial charge in [-0.3, -0.25) is 14.5 Å². The second-order valence-corrected chi connectivity index (χ2v) is 6.88. The molecule has 158 valence electrons. The molecule has 0 aliphatic carbocycles. The lowest BCUT2D eigenvalue weighted by Gasteiger charge is -2.16. The first-order valence-electron chi connectivity index (χ1n) is 8.94. The summed E-state index contributed by atoms with van der Waals surface area (Å²) in [4.78, 5) is 17.7. The van der Waals surface area contributed by atoms with Gasteiger partial charge in [0.05, 0.1) is 18.3 Å². The van der Waals surface area contributed by atoms with Gasteiger partial charge in [0.1, 0.15) is 12.1 Å². The first kappa shape index (κ1) is 20.0. The average molecular weight is 426 g/mol. The third-order valence-electron chi connectivity index (χ3n) is 4.78. The number of amides is 1. The van der Waals surface area contributed by atoms with E-state index in [0.29, 0.717) is 22.2 Å². The third kappa shape index (κ3) is 4.05. The molecule has 3 aromatic rings. The maximum absolute atomic E-state index is 13.7. The number of ether oxygens (including phenoxy) is 1. The highest BCUT2D eigenvalue weighted by Crippen LogP contribution is 2.30. The van der Waals surface area contributed by atoms with Crippen molar-refractivity contribution in [1.82, 2.24) is 19.7 Å². The van der Waals surface area contributed by atoms with Crippen molar-refractivity contribution in [2.45, 2.75) is 25.5 Å². The molecule has 11 heteroatoms. The van der Waals surface area contributed by atoms with Crippen LogP contribution in [0.4, 0.5) is 22.0 Å². The molecule has 4 rings (SSSR count). The van der Waals surface area contributed by atoms with Crippen LogP contribution in [0.1, 0.15) is 6.42 Å². The van der Waals surface area contributed by atoms with Gasteiger partial charge in [0.25, 0.3) is 5.92 Å². The quantitative estimate of drug-likeness (QED) is 0.584. The van der Waals surface area contributed by atoms with Crippen molar-refractivity contribution in [3.63, 3.8) is 0 Å². The van der Waals surface area contributed by atoms with E-state index in [9.17, 15) is 26.7 Å². The van der Waals surface area contributed by atoms with Crippen LogP contribution < -0.4 is 4.74 Å². The number of hydrogen-bond acceptors (Lipinski definition) is 4. The minimum absolute atomic E-state index is 0.0307. The number of pyridine rings is 1. The van der Waals surface area contributed by atoms with Gasteiger partial charge in [-0.05, 0) is 23.8 Å². The van der Waals surface area contributed by atoms with E-state index in [-0.39, 0.29) is 19.5 Å². The van der Waals surface area contributed by atoms with Crippen LogP contribution in [0, 0.1) is 5.82 Å². The number of likely N-dealkylation sites (tertiary alicyclic amines) is 1. The number of rotatable bonds is 5. The Bertz CT molecular complexity index is 1100. The molecule has 1 aliphatic heterocycles. The van der Waals surface area contributed by atoms with Crippen LogP contribution in [-0.4, -0.2) is 51.2 Å². The van der Waals surface area contributed by atoms with Crippen LogP contribution in [-0.2, 0) is 11.3 Å². The van der Waals surface area contributed by atoms with Gasteiger partial charge in [0.2, 0.25) is 5.91 Å². The summed E-state index contributed by atoms with van der Waals surface area (Å²) < 4.78 is 70.8. The molecule has 0 bridgehead atoms. The van der Waals surface area contributed by atoms with Gasteiger partial charge in [0, 0.05) is 24.7 Å². The molecule has 0 atom stereocenters. The molecular formula is C19H15F5N4O2. The normalized spacial score (nSPS) is 15.9. The highest BCUT2D eigenvalue weighted by molar-refractivity contribution is 5.83. The highest BCUT2D eigenvalue weighted by Gasteiger charge is 2.40. The standard InChI is InChI=1S/C19H15F5N4O2/c20-13-2-1-11(6-16(13)30-18(21)22)12-5-15-14(25-7-12)8-26-28(15)9-17(29)27-4-3-19(23,24)10-27/h1-2,5-8,18H,3-4,9-10H2. The van der Waals surface area contributed by atoms with Crippen LogP contribution >= 0.6 is 0 Å². The number of nitrogens with zero attached hydrogens (tertiary/aromatic N) is 4. The van der Waals surface area contributed by atoms with Crippen LogP contribution in [0.25, 0.3) is 22.2 Å². The van der Waals surface area contributed by atoms with Crippen molar-refractivity contribution in [3.05, 3.63) is 42.5 Å². The first-order chi connectivity index (χ1) is 14.2. The molecule has 0 radical (unpaired) electrons. The molecule has 1 fully saturated rings. The Morgan fingerprint density at radius 3 is 2.70 bits per heavy atom. The predicted octanol–water partition coefficient (Wildman–Crippen LogP) is 3.71. The Kier molecular flexibility index (Phi) is 5.04. The minimum atomic E-state index is -3.18. The smallest absolute Gasteiger partial charge is 0.387 e. The largest absolute Gasteiger partial charge is 0.432 e. The molecular weight excluding hydrogens is 411 g/mol. The second kappa shape index (κ2) is 7.54. The van der Waals surface area contributed by atoms with Crippen LogP contribution in [0.5, 0.6) is 5.75 Å². The third-order valence-corrected chi connectivity index (χ3v) is 4.78. The zero-order valence-corrected chi connectivity index (χ0v) is 15.4. The Morgan fingerprint density at radius 1 is 1.20 bits per heavy atom. The van der Waals surface area contributed by atoms with E-state index < -0.39 is 36.6 Å². The Morgan fingerprint density at radius 2 is 2.00 bits per heavy atom. The number of alkyl halides is 4. The lowest BCUT2D eigenvalue weighted by atomic mass is 10.1. The predicted molar refractivity (Wildman–Crippen MR) is 95.7 cm³/mol. The van der Waals surface area contributed by atoms with Crippen LogP contribution in [0.3, 0.4) is 0 Å². The molecule has 0 N–H and O–H groups in total. The topological polar surface area (TPSA) is 60.3 Å². The van der Waals surface area contributed by atoms with Gasteiger partial charge in [-0.2, -0.15) is 13.9 Å². The average Bonchev–Trinajstić information content (AvgIpc) is 3.25. The summed E-state index contributed by atoms with van der Waals surface area (Å²) >= 11 is 0. The van der Waals surface area contributed by atoms with Crippen molar-refractivity contribution >= 4 is 16.9 Å². The summed E-state index contributed by atoms with van der Waals surface area (Å²) in [5, 5.41) is 4.08. The lowest BCUT2D eigenvalue weighted by molar-refractivity contribution is -0.132. The first-order valence-corrected chi connectivity index (χ1v) is 8.94. The number of aromatic nitrogens is 3. The summed E-state index contributed by atoms with van der Waals surface area (Å²) in [7, 11) is 0. The number of hydrogen-bond donors (Lipinski definition) is 0. The zero-order valence-electron chi connectivity index (χ0n) is 15.4.